The van der Waals surface area contributed by atoms with Crippen molar-refractivity contribution in [2.45, 2.75) is 24.4 Å². The molecule has 1 saturated heterocycles. The van der Waals surface area contributed by atoms with E-state index in [2.05, 4.69) is 8.92 Å². The van der Waals surface area contributed by atoms with Crippen molar-refractivity contribution in [1.29, 1.82) is 0 Å². The number of carbonyl (C=O) groups is 1. The zero-order chi connectivity index (χ0) is 12.5. The highest BCUT2D eigenvalue weighted by molar-refractivity contribution is 7.80. The third-order valence-electron chi connectivity index (χ3n) is 1.95. The van der Waals surface area contributed by atoms with Gasteiger partial charge in [0.05, 0.1) is 12.6 Å². The Labute approximate surface area is 90.2 Å². The summed E-state index contributed by atoms with van der Waals surface area (Å²) in [6, 6.07) is 0. The summed E-state index contributed by atoms with van der Waals surface area (Å²) in [5.74, 6) is -1.77. The topological polar surface area (TPSA) is 156 Å². The zero-order valence-corrected chi connectivity index (χ0v) is 8.49. The van der Waals surface area contributed by atoms with Crippen LogP contribution < -0.4 is 5.11 Å². The van der Waals surface area contributed by atoms with Gasteiger partial charge in [0.15, 0.2) is 0 Å². The lowest BCUT2D eigenvalue weighted by Crippen LogP contribution is -2.59. The summed E-state index contributed by atoms with van der Waals surface area (Å²) >= 11 is 0. The van der Waals surface area contributed by atoms with Gasteiger partial charge in [-0.1, -0.05) is 0 Å². The van der Waals surface area contributed by atoms with Crippen LogP contribution in [0.3, 0.4) is 0 Å². The predicted octanol–water partition coefficient (Wildman–Crippen LogP) is -4.30. The molecule has 1 aliphatic heterocycles. The second-order valence-electron chi connectivity index (χ2n) is 3.10. The summed E-state index contributed by atoms with van der Waals surface area (Å²) in [4.78, 5) is 10.4. The van der Waals surface area contributed by atoms with Gasteiger partial charge in [0.1, 0.15) is 24.4 Å². The van der Waals surface area contributed by atoms with Crippen molar-refractivity contribution in [3.05, 3.63) is 0 Å². The number of carboxylic acid groups (broad SMARTS) is 1. The van der Waals surface area contributed by atoms with E-state index in [1.54, 1.807) is 0 Å². The molecule has 0 aromatic rings. The lowest BCUT2D eigenvalue weighted by Gasteiger charge is -2.37. The van der Waals surface area contributed by atoms with Crippen LogP contribution >= 0.6 is 0 Å². The third-order valence-corrected chi connectivity index (χ3v) is 2.44. The fraction of sp³-hybridized carbons (Fsp3) is 0.833. The van der Waals surface area contributed by atoms with E-state index in [9.17, 15) is 33.1 Å². The van der Waals surface area contributed by atoms with Crippen LogP contribution in [0.4, 0.5) is 0 Å². The van der Waals surface area contributed by atoms with Gasteiger partial charge in [-0.25, -0.2) is 8.42 Å². The van der Waals surface area contributed by atoms with Gasteiger partial charge < -0.3 is 29.4 Å². The molecular weight excluding hydrogens is 248 g/mol. The van der Waals surface area contributed by atoms with Crippen molar-refractivity contribution >= 4 is 16.4 Å². The van der Waals surface area contributed by atoms with Crippen molar-refractivity contribution in [3.8, 4) is 0 Å². The quantitative estimate of drug-likeness (QED) is 0.376. The van der Waals surface area contributed by atoms with E-state index >= 15 is 0 Å². The van der Waals surface area contributed by atoms with E-state index in [1.165, 1.54) is 0 Å². The maximum absolute atomic E-state index is 10.4. The van der Waals surface area contributed by atoms with Crippen LogP contribution in [0.5, 0.6) is 0 Å². The van der Waals surface area contributed by atoms with Gasteiger partial charge in [0.25, 0.3) is 0 Å². The van der Waals surface area contributed by atoms with Crippen LogP contribution in [0, 0.1) is 0 Å². The standard InChI is InChI=1S/C6H10O9S/c7-3-2(15-16(11,12)13)1-14-5(4(3)8)6(9)10/h2-5,7-8H,1H2,(H,9,10)(H,11,12,13)/p-2/t2-,3?,4+,5?/m1/s1. The van der Waals surface area contributed by atoms with Crippen LogP contribution in [0.15, 0.2) is 0 Å². The molecule has 0 aromatic heterocycles. The van der Waals surface area contributed by atoms with Crippen LogP contribution in [0.2, 0.25) is 0 Å². The van der Waals surface area contributed by atoms with Crippen LogP contribution in [-0.2, 0) is 24.1 Å². The second-order valence-corrected chi connectivity index (χ2v) is 4.11. The molecule has 0 aliphatic carbocycles. The SMILES string of the molecule is O=C([O-])C1OC[C@@H](OS(=O)(=O)[O-])C(O)[C@@H]1O. The number of aliphatic hydroxyl groups is 2. The fourth-order valence-electron chi connectivity index (χ4n) is 1.24. The van der Waals surface area contributed by atoms with Crippen LogP contribution in [0.25, 0.3) is 0 Å². The van der Waals surface area contributed by atoms with Gasteiger partial charge in [0.2, 0.25) is 10.4 Å². The monoisotopic (exact) mass is 256 g/mol. The molecule has 10 heteroatoms. The number of hydrogen-bond acceptors (Lipinski definition) is 9. The number of carbonyl (C=O) groups excluding carboxylic acids is 1. The Morgan fingerprint density at radius 2 is 1.94 bits per heavy atom. The molecule has 0 bridgehead atoms. The molecule has 0 spiro atoms. The molecule has 0 amide bonds. The van der Waals surface area contributed by atoms with Gasteiger partial charge in [0, 0.05) is 0 Å². The van der Waals surface area contributed by atoms with E-state index in [0.717, 1.165) is 0 Å². The Bertz CT molecular complexity index is 362. The third kappa shape index (κ3) is 3.10. The molecule has 0 aromatic carbocycles. The lowest BCUT2D eigenvalue weighted by molar-refractivity contribution is -0.327. The van der Waals surface area contributed by atoms with Crippen molar-refractivity contribution in [1.82, 2.24) is 0 Å². The highest BCUT2D eigenvalue weighted by Gasteiger charge is 2.40. The van der Waals surface area contributed by atoms with E-state index in [4.69, 9.17) is 0 Å². The van der Waals surface area contributed by atoms with Crippen molar-refractivity contribution < 1.29 is 42.0 Å². The highest BCUT2D eigenvalue weighted by atomic mass is 32.3. The summed E-state index contributed by atoms with van der Waals surface area (Å²) in [6.07, 6.45) is -7.26. The summed E-state index contributed by atoms with van der Waals surface area (Å²) in [7, 11) is -5.08. The molecule has 9 nitrogen and oxygen atoms in total. The molecule has 1 rings (SSSR count). The summed E-state index contributed by atoms with van der Waals surface area (Å²) < 4.78 is 39.0. The number of carboxylic acids is 1. The summed E-state index contributed by atoms with van der Waals surface area (Å²) in [5.41, 5.74) is 0. The molecule has 0 radical (unpaired) electrons. The van der Waals surface area contributed by atoms with E-state index in [-0.39, 0.29) is 0 Å². The van der Waals surface area contributed by atoms with Gasteiger partial charge in [-0.2, -0.15) is 0 Å². The first-order valence-corrected chi connectivity index (χ1v) is 5.38. The average Bonchev–Trinajstić information content (AvgIpc) is 2.10. The largest absolute Gasteiger partial charge is 0.726 e. The van der Waals surface area contributed by atoms with Crippen molar-refractivity contribution in [2.24, 2.45) is 0 Å². The van der Waals surface area contributed by atoms with Gasteiger partial charge in [-0.15, -0.1) is 0 Å². The minimum absolute atomic E-state index is 0.668. The minimum atomic E-state index is -5.08. The molecule has 1 aliphatic rings. The van der Waals surface area contributed by atoms with Crippen LogP contribution in [-0.4, -0.2) is 60.2 Å². The lowest BCUT2D eigenvalue weighted by atomic mass is 10.0. The number of rotatable bonds is 3. The minimum Gasteiger partial charge on any atom is -0.726 e. The first-order valence-electron chi connectivity index (χ1n) is 4.05. The number of hydrogen-bond donors (Lipinski definition) is 2. The molecule has 2 N–H and O–H groups in total. The highest BCUT2D eigenvalue weighted by Crippen LogP contribution is 2.18. The molecule has 0 saturated carbocycles. The summed E-state index contributed by atoms with van der Waals surface area (Å²) in [6.45, 7) is -0.668. The Kier molecular flexibility index (Phi) is 3.83. The number of aliphatic carboxylic acids is 1. The maximum atomic E-state index is 10.4. The fourth-order valence-corrected chi connectivity index (χ4v) is 1.71. The molecule has 94 valence electrons. The average molecular weight is 256 g/mol. The first-order chi connectivity index (χ1) is 7.22. The van der Waals surface area contributed by atoms with Gasteiger partial charge in [-0.05, 0) is 0 Å². The zero-order valence-electron chi connectivity index (χ0n) is 7.68. The molecule has 1 heterocycles. The van der Waals surface area contributed by atoms with Gasteiger partial charge >= 0.3 is 0 Å². The number of ether oxygens (including phenoxy) is 1. The van der Waals surface area contributed by atoms with E-state index in [1.807, 2.05) is 0 Å². The summed E-state index contributed by atoms with van der Waals surface area (Å²) in [5, 5.41) is 28.8. The van der Waals surface area contributed by atoms with Crippen LogP contribution in [0.1, 0.15) is 0 Å². The Morgan fingerprint density at radius 3 is 2.38 bits per heavy atom. The molecular formula is C6H8O9S-2. The number of aliphatic hydroxyl groups excluding tert-OH is 2. The molecule has 4 atom stereocenters. The Morgan fingerprint density at radius 1 is 1.38 bits per heavy atom. The van der Waals surface area contributed by atoms with Crippen molar-refractivity contribution in [2.75, 3.05) is 6.61 Å². The Hall–Kier alpha value is -0.780. The molecule has 16 heavy (non-hydrogen) atoms. The smallest absolute Gasteiger partial charge is 0.218 e. The van der Waals surface area contributed by atoms with E-state index in [0.29, 0.717) is 0 Å². The predicted molar refractivity (Wildman–Crippen MR) is 41.3 cm³/mol. The second kappa shape index (κ2) is 4.61. The maximum Gasteiger partial charge on any atom is 0.218 e. The van der Waals surface area contributed by atoms with Gasteiger partial charge in [-0.3, -0.25) is 4.18 Å². The van der Waals surface area contributed by atoms with Crippen molar-refractivity contribution in [3.63, 3.8) is 0 Å². The first kappa shape index (κ1) is 13.3. The molecule has 1 fully saturated rings. The Balaban J connectivity index is 2.72. The normalized spacial score (nSPS) is 35.9. The molecule has 2 unspecified atom stereocenters. The van der Waals surface area contributed by atoms with E-state index < -0.39 is 47.4 Å².